The van der Waals surface area contributed by atoms with Crippen molar-refractivity contribution in [1.29, 1.82) is 0 Å². The standard InChI is InChI=1S/C16H21N3O2S2/c20-16(17-10-14-2-1-8-23-14)18-11-15(13-3-9-22-12-13)19-4-6-21-7-5-19/h1-3,8-9,12,15H,4-7,10-11H2,(H2,17,18,20). The van der Waals surface area contributed by atoms with Gasteiger partial charge in [-0.05, 0) is 33.8 Å². The summed E-state index contributed by atoms with van der Waals surface area (Å²) in [5.41, 5.74) is 1.26. The Morgan fingerprint density at radius 3 is 2.83 bits per heavy atom. The van der Waals surface area contributed by atoms with Crippen LogP contribution in [0.2, 0.25) is 0 Å². The van der Waals surface area contributed by atoms with Gasteiger partial charge in [0.1, 0.15) is 0 Å². The molecule has 1 aliphatic rings. The quantitative estimate of drug-likeness (QED) is 0.841. The number of carbonyl (C=O) groups is 1. The SMILES string of the molecule is O=C(NCc1cccs1)NCC(c1ccsc1)N1CCOCC1. The molecule has 0 bridgehead atoms. The molecule has 3 heterocycles. The first-order chi connectivity index (χ1) is 11.3. The lowest BCUT2D eigenvalue weighted by molar-refractivity contribution is 0.0168. The van der Waals surface area contributed by atoms with Gasteiger partial charge in [-0.3, -0.25) is 4.90 Å². The smallest absolute Gasteiger partial charge is 0.315 e. The average molecular weight is 351 g/mol. The summed E-state index contributed by atoms with van der Waals surface area (Å²) in [5.74, 6) is 0. The molecule has 7 heteroatoms. The number of nitrogens with one attached hydrogen (secondary N) is 2. The molecule has 0 aromatic carbocycles. The monoisotopic (exact) mass is 351 g/mol. The molecular formula is C16H21N3O2S2. The van der Waals surface area contributed by atoms with Crippen molar-refractivity contribution in [3.63, 3.8) is 0 Å². The van der Waals surface area contributed by atoms with Crippen LogP contribution < -0.4 is 10.6 Å². The lowest BCUT2D eigenvalue weighted by Crippen LogP contribution is -2.45. The molecule has 5 nitrogen and oxygen atoms in total. The third-order valence-electron chi connectivity index (χ3n) is 3.87. The zero-order valence-electron chi connectivity index (χ0n) is 12.9. The number of rotatable bonds is 6. The second-order valence-electron chi connectivity index (χ2n) is 5.36. The first kappa shape index (κ1) is 16.4. The molecule has 3 rings (SSSR count). The van der Waals surface area contributed by atoms with E-state index < -0.39 is 0 Å². The van der Waals surface area contributed by atoms with E-state index in [1.165, 1.54) is 5.56 Å². The Labute approximate surface area is 144 Å². The van der Waals surface area contributed by atoms with Crippen LogP contribution in [0.5, 0.6) is 0 Å². The van der Waals surface area contributed by atoms with Crippen LogP contribution in [0.4, 0.5) is 4.79 Å². The molecule has 0 radical (unpaired) electrons. The van der Waals surface area contributed by atoms with Crippen molar-refractivity contribution < 1.29 is 9.53 Å². The number of nitrogens with zero attached hydrogens (tertiary/aromatic N) is 1. The zero-order chi connectivity index (χ0) is 15.9. The van der Waals surface area contributed by atoms with Gasteiger partial charge in [-0.25, -0.2) is 4.79 Å². The molecule has 23 heavy (non-hydrogen) atoms. The van der Waals surface area contributed by atoms with Crippen LogP contribution in [-0.4, -0.2) is 43.8 Å². The Hall–Kier alpha value is -1.41. The lowest BCUT2D eigenvalue weighted by atomic mass is 10.1. The van der Waals surface area contributed by atoms with Crippen molar-refractivity contribution in [2.75, 3.05) is 32.8 Å². The Morgan fingerprint density at radius 2 is 2.13 bits per heavy atom. The lowest BCUT2D eigenvalue weighted by Gasteiger charge is -2.34. The molecule has 2 aromatic heterocycles. The number of morpholine rings is 1. The van der Waals surface area contributed by atoms with E-state index in [1.807, 2.05) is 17.5 Å². The average Bonchev–Trinajstić information content (AvgIpc) is 3.28. The molecule has 1 aliphatic heterocycles. The highest BCUT2D eigenvalue weighted by Gasteiger charge is 2.23. The van der Waals surface area contributed by atoms with E-state index in [-0.39, 0.29) is 12.1 Å². The highest BCUT2D eigenvalue weighted by atomic mass is 32.1. The van der Waals surface area contributed by atoms with Crippen molar-refractivity contribution in [2.24, 2.45) is 0 Å². The summed E-state index contributed by atoms with van der Waals surface area (Å²) in [6.45, 7) is 4.49. The molecule has 0 aliphatic carbocycles. The molecule has 124 valence electrons. The zero-order valence-corrected chi connectivity index (χ0v) is 14.5. The van der Waals surface area contributed by atoms with Crippen LogP contribution in [0.15, 0.2) is 34.3 Å². The van der Waals surface area contributed by atoms with Crippen LogP contribution in [0, 0.1) is 0 Å². The summed E-state index contributed by atoms with van der Waals surface area (Å²) < 4.78 is 5.44. The van der Waals surface area contributed by atoms with Crippen molar-refractivity contribution >= 4 is 28.7 Å². The largest absolute Gasteiger partial charge is 0.379 e. The summed E-state index contributed by atoms with van der Waals surface area (Å²) in [4.78, 5) is 15.6. The van der Waals surface area contributed by atoms with Crippen molar-refractivity contribution in [3.8, 4) is 0 Å². The number of thiophene rings is 2. The van der Waals surface area contributed by atoms with Crippen LogP contribution in [0.25, 0.3) is 0 Å². The number of urea groups is 1. The fourth-order valence-electron chi connectivity index (χ4n) is 2.64. The predicted molar refractivity (Wildman–Crippen MR) is 94.0 cm³/mol. The number of hydrogen-bond donors (Lipinski definition) is 2. The summed E-state index contributed by atoms with van der Waals surface area (Å²) >= 11 is 3.34. The maximum absolute atomic E-state index is 12.0. The van der Waals surface area contributed by atoms with E-state index in [4.69, 9.17) is 4.74 Å². The number of carbonyl (C=O) groups excluding carboxylic acids is 1. The Bertz CT molecular complexity index is 581. The Morgan fingerprint density at radius 1 is 1.26 bits per heavy atom. The van der Waals surface area contributed by atoms with E-state index in [2.05, 4.69) is 32.4 Å². The van der Waals surface area contributed by atoms with Gasteiger partial charge in [-0.15, -0.1) is 11.3 Å². The minimum atomic E-state index is -0.119. The Kier molecular flexibility index (Phi) is 6.04. The van der Waals surface area contributed by atoms with Gasteiger partial charge in [0.25, 0.3) is 0 Å². The molecule has 1 saturated heterocycles. The third-order valence-corrected chi connectivity index (χ3v) is 5.45. The number of hydrogen-bond acceptors (Lipinski definition) is 5. The second-order valence-corrected chi connectivity index (χ2v) is 7.18. The van der Waals surface area contributed by atoms with E-state index in [1.54, 1.807) is 22.7 Å². The second kappa shape index (κ2) is 8.44. The maximum Gasteiger partial charge on any atom is 0.315 e. The summed E-state index contributed by atoms with van der Waals surface area (Å²) in [7, 11) is 0. The highest BCUT2D eigenvalue weighted by molar-refractivity contribution is 7.09. The summed E-state index contributed by atoms with van der Waals surface area (Å²) in [6, 6.07) is 6.23. The van der Waals surface area contributed by atoms with Crippen molar-refractivity contribution in [2.45, 2.75) is 12.6 Å². The molecule has 1 unspecified atom stereocenters. The highest BCUT2D eigenvalue weighted by Crippen LogP contribution is 2.23. The van der Waals surface area contributed by atoms with E-state index in [0.29, 0.717) is 13.1 Å². The fraction of sp³-hybridized carbons (Fsp3) is 0.438. The van der Waals surface area contributed by atoms with Crippen LogP contribution in [-0.2, 0) is 11.3 Å². The molecule has 1 atom stereocenters. The van der Waals surface area contributed by atoms with Gasteiger partial charge >= 0.3 is 6.03 Å². The minimum Gasteiger partial charge on any atom is -0.379 e. The van der Waals surface area contributed by atoms with Crippen molar-refractivity contribution in [1.82, 2.24) is 15.5 Å². The summed E-state index contributed by atoms with van der Waals surface area (Å²) in [6.07, 6.45) is 0. The third kappa shape index (κ3) is 4.78. The van der Waals surface area contributed by atoms with Gasteiger partial charge in [0.2, 0.25) is 0 Å². The molecule has 0 spiro atoms. The number of amides is 2. The van der Waals surface area contributed by atoms with Gasteiger partial charge in [0.15, 0.2) is 0 Å². The van der Waals surface area contributed by atoms with E-state index in [0.717, 1.165) is 31.2 Å². The van der Waals surface area contributed by atoms with Gasteiger partial charge in [-0.2, -0.15) is 11.3 Å². The molecule has 0 saturated carbocycles. The molecule has 2 aromatic rings. The van der Waals surface area contributed by atoms with Crippen LogP contribution in [0.1, 0.15) is 16.5 Å². The normalized spacial score (nSPS) is 16.9. The van der Waals surface area contributed by atoms with Gasteiger partial charge in [0.05, 0.1) is 25.8 Å². The predicted octanol–water partition coefficient (Wildman–Crippen LogP) is 2.68. The Balaban J connectivity index is 1.52. The first-order valence-electron chi connectivity index (χ1n) is 7.71. The van der Waals surface area contributed by atoms with Gasteiger partial charge in [-0.1, -0.05) is 6.07 Å². The number of ether oxygens (including phenoxy) is 1. The van der Waals surface area contributed by atoms with Gasteiger partial charge < -0.3 is 15.4 Å². The maximum atomic E-state index is 12.0. The molecular weight excluding hydrogens is 330 g/mol. The molecule has 2 N–H and O–H groups in total. The van der Waals surface area contributed by atoms with E-state index in [9.17, 15) is 4.79 Å². The molecule has 2 amide bonds. The minimum absolute atomic E-state index is 0.119. The van der Waals surface area contributed by atoms with Gasteiger partial charge in [0, 0.05) is 24.5 Å². The summed E-state index contributed by atoms with van der Waals surface area (Å²) in [5, 5.41) is 12.2. The molecule has 1 fully saturated rings. The van der Waals surface area contributed by atoms with Crippen LogP contribution >= 0.6 is 22.7 Å². The van der Waals surface area contributed by atoms with Crippen molar-refractivity contribution in [3.05, 3.63) is 44.8 Å². The first-order valence-corrected chi connectivity index (χ1v) is 9.53. The topological polar surface area (TPSA) is 53.6 Å². The fourth-order valence-corrected chi connectivity index (χ4v) is 4.00. The van der Waals surface area contributed by atoms with E-state index >= 15 is 0 Å². The van der Waals surface area contributed by atoms with Crippen LogP contribution in [0.3, 0.4) is 0 Å².